The van der Waals surface area contributed by atoms with Gasteiger partial charge in [0.15, 0.2) is 5.57 Å². The summed E-state index contributed by atoms with van der Waals surface area (Å²) in [6.07, 6.45) is 1.27. The second-order valence-corrected chi connectivity index (χ2v) is 6.71. The molecule has 140 valence electrons. The van der Waals surface area contributed by atoms with Crippen LogP contribution < -0.4 is 10.1 Å². The largest absolute Gasteiger partial charge is 0.487 e. The molecule has 0 amide bonds. The van der Waals surface area contributed by atoms with Gasteiger partial charge in [-0.2, -0.15) is 0 Å². The number of carbonyl (C=O) groups excluding carboxylic acids is 2. The molecule has 1 saturated heterocycles. The first-order valence-electron chi connectivity index (χ1n) is 8.24. The monoisotopic (exact) mass is 387 g/mol. The molecule has 0 saturated carbocycles. The zero-order chi connectivity index (χ0) is 19.4. The number of hydrogen-bond donors (Lipinski definition) is 1. The molecule has 2 aromatic carbocycles. The van der Waals surface area contributed by atoms with Crippen LogP contribution in [-0.4, -0.2) is 17.7 Å². The van der Waals surface area contributed by atoms with Gasteiger partial charge in [0.1, 0.15) is 12.4 Å². The van der Waals surface area contributed by atoms with Crippen LogP contribution in [0.3, 0.4) is 0 Å². The maximum absolute atomic E-state index is 11.9. The summed E-state index contributed by atoms with van der Waals surface area (Å²) < 4.78 is 15.8. The lowest BCUT2D eigenvalue weighted by atomic mass is 10.2. The van der Waals surface area contributed by atoms with Gasteiger partial charge in [-0.3, -0.25) is 0 Å². The van der Waals surface area contributed by atoms with Crippen LogP contribution in [0.2, 0.25) is 5.02 Å². The molecule has 2 aromatic rings. The summed E-state index contributed by atoms with van der Waals surface area (Å²) in [7, 11) is 0. The highest BCUT2D eigenvalue weighted by Gasteiger charge is 2.38. The van der Waals surface area contributed by atoms with E-state index in [-0.39, 0.29) is 5.57 Å². The minimum atomic E-state index is -1.26. The van der Waals surface area contributed by atoms with E-state index in [0.717, 1.165) is 5.56 Å². The SMILES string of the molecule is CC1(C)OC(=O)C(=CNc2cccc(COc3ccccc3Cl)c2)C(=O)O1. The summed E-state index contributed by atoms with van der Waals surface area (Å²) in [6.45, 7) is 3.30. The van der Waals surface area contributed by atoms with Gasteiger partial charge in [0.25, 0.3) is 5.79 Å². The van der Waals surface area contributed by atoms with Crippen molar-refractivity contribution in [1.29, 1.82) is 0 Å². The Labute approximate surface area is 161 Å². The Balaban J connectivity index is 1.66. The van der Waals surface area contributed by atoms with Gasteiger partial charge in [-0.1, -0.05) is 35.9 Å². The molecule has 1 heterocycles. The summed E-state index contributed by atoms with van der Waals surface area (Å²) in [5, 5.41) is 3.44. The van der Waals surface area contributed by atoms with E-state index in [2.05, 4.69) is 5.32 Å². The number of hydrogen-bond acceptors (Lipinski definition) is 6. The number of anilines is 1. The molecule has 0 unspecified atom stereocenters. The Hall–Kier alpha value is -2.99. The predicted octanol–water partition coefficient (Wildman–Crippen LogP) is 4.05. The normalized spacial score (nSPS) is 15.6. The van der Waals surface area contributed by atoms with Crippen LogP contribution in [0.4, 0.5) is 5.69 Å². The molecule has 1 aliphatic rings. The third-order valence-electron chi connectivity index (χ3n) is 3.66. The number of halogens is 1. The van der Waals surface area contributed by atoms with Crippen molar-refractivity contribution >= 4 is 29.2 Å². The number of para-hydroxylation sites is 1. The molecular formula is C20H18ClNO5. The summed E-state index contributed by atoms with van der Waals surface area (Å²) in [5.41, 5.74) is 1.36. The van der Waals surface area contributed by atoms with Crippen LogP contribution >= 0.6 is 11.6 Å². The Bertz CT molecular complexity index is 885. The van der Waals surface area contributed by atoms with Gasteiger partial charge in [0, 0.05) is 25.7 Å². The fourth-order valence-corrected chi connectivity index (χ4v) is 2.60. The molecular weight excluding hydrogens is 370 g/mol. The molecule has 0 bridgehead atoms. The van der Waals surface area contributed by atoms with Gasteiger partial charge in [0.05, 0.1) is 5.02 Å². The third kappa shape index (κ3) is 4.80. The zero-order valence-electron chi connectivity index (χ0n) is 14.8. The average Bonchev–Trinajstić information content (AvgIpc) is 2.60. The number of ether oxygens (including phenoxy) is 3. The zero-order valence-corrected chi connectivity index (χ0v) is 15.6. The number of cyclic esters (lactones) is 2. The minimum Gasteiger partial charge on any atom is -0.487 e. The standard InChI is InChI=1S/C20H18ClNO5/c1-20(2)26-18(23)15(19(24)27-20)11-22-14-7-5-6-13(10-14)12-25-17-9-4-3-8-16(17)21/h3-11,22H,12H2,1-2H3. The fraction of sp³-hybridized carbons (Fsp3) is 0.200. The van der Waals surface area contributed by atoms with Crippen LogP contribution in [0.25, 0.3) is 0 Å². The number of nitrogens with one attached hydrogen (secondary N) is 1. The molecule has 1 N–H and O–H groups in total. The molecule has 6 nitrogen and oxygen atoms in total. The van der Waals surface area contributed by atoms with E-state index < -0.39 is 17.7 Å². The van der Waals surface area contributed by atoms with Gasteiger partial charge in [-0.25, -0.2) is 9.59 Å². The number of esters is 2. The topological polar surface area (TPSA) is 73.9 Å². The molecule has 1 fully saturated rings. The lowest BCUT2D eigenvalue weighted by molar-refractivity contribution is -0.222. The lowest BCUT2D eigenvalue weighted by Gasteiger charge is -2.29. The molecule has 27 heavy (non-hydrogen) atoms. The van der Waals surface area contributed by atoms with Gasteiger partial charge in [0.2, 0.25) is 0 Å². The van der Waals surface area contributed by atoms with Crippen molar-refractivity contribution in [3.63, 3.8) is 0 Å². The van der Waals surface area contributed by atoms with Gasteiger partial charge >= 0.3 is 11.9 Å². The van der Waals surface area contributed by atoms with E-state index in [1.807, 2.05) is 30.3 Å². The molecule has 0 aliphatic carbocycles. The van der Waals surface area contributed by atoms with E-state index >= 15 is 0 Å². The summed E-state index contributed by atoms with van der Waals surface area (Å²) in [5.74, 6) is -2.14. The van der Waals surface area contributed by atoms with E-state index in [0.29, 0.717) is 23.1 Å². The van der Waals surface area contributed by atoms with E-state index in [1.165, 1.54) is 20.0 Å². The van der Waals surface area contributed by atoms with Crippen LogP contribution in [0, 0.1) is 0 Å². The first-order chi connectivity index (χ1) is 12.8. The molecule has 3 rings (SSSR count). The fourth-order valence-electron chi connectivity index (χ4n) is 2.41. The van der Waals surface area contributed by atoms with Gasteiger partial charge < -0.3 is 19.5 Å². The Kier molecular flexibility index (Phi) is 5.37. The quantitative estimate of drug-likeness (QED) is 0.474. The highest BCUT2D eigenvalue weighted by Crippen LogP contribution is 2.25. The van der Waals surface area contributed by atoms with Crippen LogP contribution in [0.15, 0.2) is 60.3 Å². The number of benzene rings is 2. The molecule has 7 heteroatoms. The smallest absolute Gasteiger partial charge is 0.350 e. The summed E-state index contributed by atoms with van der Waals surface area (Å²) in [6, 6.07) is 14.6. The summed E-state index contributed by atoms with van der Waals surface area (Å²) >= 11 is 6.07. The Morgan fingerprint density at radius 3 is 2.48 bits per heavy atom. The van der Waals surface area contributed by atoms with Crippen molar-refractivity contribution in [2.45, 2.75) is 26.2 Å². The third-order valence-corrected chi connectivity index (χ3v) is 3.97. The molecule has 0 atom stereocenters. The van der Waals surface area contributed by atoms with Crippen LogP contribution in [0.5, 0.6) is 5.75 Å². The highest BCUT2D eigenvalue weighted by molar-refractivity contribution is 6.32. The lowest BCUT2D eigenvalue weighted by Crippen LogP contribution is -2.42. The first-order valence-corrected chi connectivity index (χ1v) is 8.61. The molecule has 0 radical (unpaired) electrons. The van der Waals surface area contributed by atoms with E-state index in [1.54, 1.807) is 18.2 Å². The first kappa shape index (κ1) is 18.8. The van der Waals surface area contributed by atoms with E-state index in [9.17, 15) is 9.59 Å². The van der Waals surface area contributed by atoms with Crippen molar-refractivity contribution in [1.82, 2.24) is 0 Å². The molecule has 0 aromatic heterocycles. The number of carbonyl (C=O) groups is 2. The van der Waals surface area contributed by atoms with Gasteiger partial charge in [-0.05, 0) is 29.8 Å². The summed E-state index contributed by atoms with van der Waals surface area (Å²) in [4.78, 5) is 23.9. The highest BCUT2D eigenvalue weighted by atomic mass is 35.5. The maximum Gasteiger partial charge on any atom is 0.350 e. The Morgan fingerprint density at radius 1 is 1.07 bits per heavy atom. The predicted molar refractivity (Wildman–Crippen MR) is 100 cm³/mol. The van der Waals surface area contributed by atoms with E-state index in [4.69, 9.17) is 25.8 Å². The minimum absolute atomic E-state index is 0.202. The number of rotatable bonds is 5. The van der Waals surface area contributed by atoms with Crippen molar-refractivity contribution in [3.8, 4) is 5.75 Å². The van der Waals surface area contributed by atoms with Crippen molar-refractivity contribution in [2.75, 3.05) is 5.32 Å². The second kappa shape index (κ2) is 7.72. The van der Waals surface area contributed by atoms with Crippen molar-refractivity contribution in [2.24, 2.45) is 0 Å². The van der Waals surface area contributed by atoms with Crippen LogP contribution in [0.1, 0.15) is 19.4 Å². The molecule has 0 spiro atoms. The van der Waals surface area contributed by atoms with Crippen LogP contribution in [-0.2, 0) is 25.7 Å². The van der Waals surface area contributed by atoms with Crippen molar-refractivity contribution < 1.29 is 23.8 Å². The second-order valence-electron chi connectivity index (χ2n) is 6.30. The maximum atomic E-state index is 11.9. The molecule has 1 aliphatic heterocycles. The Morgan fingerprint density at radius 2 is 1.78 bits per heavy atom. The van der Waals surface area contributed by atoms with Crippen molar-refractivity contribution in [3.05, 3.63) is 70.9 Å². The van der Waals surface area contributed by atoms with Gasteiger partial charge in [-0.15, -0.1) is 0 Å². The average molecular weight is 388 g/mol.